The van der Waals surface area contributed by atoms with Crippen LogP contribution < -0.4 is 11.1 Å². The maximum absolute atomic E-state index is 11.6. The van der Waals surface area contributed by atoms with Crippen LogP contribution in [-0.4, -0.2) is 29.7 Å². The largest absolute Gasteiger partial charge is 0.391 e. The third-order valence-corrected chi connectivity index (χ3v) is 3.70. The summed E-state index contributed by atoms with van der Waals surface area (Å²) in [6.45, 7) is 4.17. The normalized spacial score (nSPS) is 21.2. The third kappa shape index (κ3) is 4.64. The Morgan fingerprint density at radius 2 is 1.94 bits per heavy atom. The molecular formula is C13H26N2O2. The van der Waals surface area contributed by atoms with Crippen LogP contribution in [0.2, 0.25) is 0 Å². The van der Waals surface area contributed by atoms with E-state index in [1.807, 2.05) is 13.8 Å². The lowest BCUT2D eigenvalue weighted by Gasteiger charge is -2.27. The molecule has 0 aliphatic heterocycles. The predicted octanol–water partition coefficient (Wildman–Crippen LogP) is 1.03. The first-order chi connectivity index (χ1) is 8.02. The van der Waals surface area contributed by atoms with Gasteiger partial charge in [-0.3, -0.25) is 4.79 Å². The maximum Gasteiger partial charge on any atom is 0.237 e. The predicted molar refractivity (Wildman–Crippen MR) is 68.4 cm³/mol. The van der Waals surface area contributed by atoms with Crippen LogP contribution in [0.1, 0.15) is 46.0 Å². The molecule has 1 unspecified atom stereocenters. The summed E-state index contributed by atoms with van der Waals surface area (Å²) < 4.78 is 0. The zero-order valence-electron chi connectivity index (χ0n) is 11.0. The lowest BCUT2D eigenvalue weighted by Crippen LogP contribution is -2.47. The zero-order chi connectivity index (χ0) is 12.8. The Balaban J connectivity index is 2.27. The van der Waals surface area contributed by atoms with E-state index in [2.05, 4.69) is 5.32 Å². The summed E-state index contributed by atoms with van der Waals surface area (Å²) >= 11 is 0. The molecule has 100 valence electrons. The molecule has 1 amide bonds. The lowest BCUT2D eigenvalue weighted by atomic mass is 9.85. The molecule has 0 aromatic carbocycles. The van der Waals surface area contributed by atoms with Gasteiger partial charge in [0.15, 0.2) is 0 Å². The molecule has 0 spiro atoms. The molecule has 4 heteroatoms. The molecule has 2 atom stereocenters. The highest BCUT2D eigenvalue weighted by atomic mass is 16.3. The Labute approximate surface area is 104 Å². The van der Waals surface area contributed by atoms with E-state index < -0.39 is 12.1 Å². The number of amides is 1. The molecule has 1 aliphatic rings. The van der Waals surface area contributed by atoms with Gasteiger partial charge in [0.05, 0.1) is 12.1 Å². The average molecular weight is 242 g/mol. The summed E-state index contributed by atoms with van der Waals surface area (Å²) in [5.41, 5.74) is 5.73. The van der Waals surface area contributed by atoms with Gasteiger partial charge in [-0.2, -0.15) is 0 Å². The first-order valence-electron chi connectivity index (χ1n) is 6.73. The summed E-state index contributed by atoms with van der Waals surface area (Å²) in [5, 5.41) is 12.7. The minimum absolute atomic E-state index is 0.127. The van der Waals surface area contributed by atoms with Crippen LogP contribution in [0.25, 0.3) is 0 Å². The maximum atomic E-state index is 11.6. The second kappa shape index (κ2) is 6.97. The van der Waals surface area contributed by atoms with Gasteiger partial charge < -0.3 is 16.2 Å². The van der Waals surface area contributed by atoms with Gasteiger partial charge >= 0.3 is 0 Å². The molecule has 4 N–H and O–H groups in total. The van der Waals surface area contributed by atoms with Crippen molar-refractivity contribution in [3.05, 3.63) is 0 Å². The van der Waals surface area contributed by atoms with Gasteiger partial charge in [-0.1, -0.05) is 33.1 Å². The van der Waals surface area contributed by atoms with Crippen molar-refractivity contribution in [3.63, 3.8) is 0 Å². The van der Waals surface area contributed by atoms with Crippen LogP contribution in [0.15, 0.2) is 0 Å². The highest BCUT2D eigenvalue weighted by molar-refractivity contribution is 5.81. The van der Waals surface area contributed by atoms with E-state index in [1.54, 1.807) is 0 Å². The molecule has 0 aromatic rings. The molecule has 0 aromatic heterocycles. The van der Waals surface area contributed by atoms with Crippen molar-refractivity contribution in [2.24, 2.45) is 17.6 Å². The quantitative estimate of drug-likeness (QED) is 0.674. The van der Waals surface area contributed by atoms with Gasteiger partial charge in [-0.25, -0.2) is 0 Å². The van der Waals surface area contributed by atoms with Crippen LogP contribution in [0, 0.1) is 11.8 Å². The third-order valence-electron chi connectivity index (χ3n) is 3.70. The molecule has 0 bridgehead atoms. The number of aliphatic hydroxyl groups excluding tert-OH is 1. The van der Waals surface area contributed by atoms with E-state index in [-0.39, 0.29) is 11.8 Å². The molecule has 1 aliphatic carbocycles. The number of aliphatic hydroxyl groups is 1. The second-order valence-electron chi connectivity index (χ2n) is 5.48. The van der Waals surface area contributed by atoms with Crippen LogP contribution >= 0.6 is 0 Å². The number of nitrogens with one attached hydrogen (secondary N) is 1. The van der Waals surface area contributed by atoms with Crippen molar-refractivity contribution in [1.29, 1.82) is 0 Å². The highest BCUT2D eigenvalue weighted by Gasteiger charge is 2.23. The summed E-state index contributed by atoms with van der Waals surface area (Å²) in [4.78, 5) is 11.6. The molecule has 4 nitrogen and oxygen atoms in total. The van der Waals surface area contributed by atoms with E-state index in [0.29, 0.717) is 12.5 Å². The number of rotatable bonds is 5. The molecule has 1 saturated carbocycles. The van der Waals surface area contributed by atoms with Crippen LogP contribution in [0.5, 0.6) is 0 Å². The van der Waals surface area contributed by atoms with Crippen molar-refractivity contribution in [3.8, 4) is 0 Å². The molecule has 0 saturated heterocycles. The van der Waals surface area contributed by atoms with Crippen molar-refractivity contribution in [1.82, 2.24) is 5.32 Å². The molecule has 0 radical (unpaired) electrons. The van der Waals surface area contributed by atoms with Crippen molar-refractivity contribution >= 4 is 5.91 Å². The molecule has 1 rings (SSSR count). The van der Waals surface area contributed by atoms with Crippen LogP contribution in [0.3, 0.4) is 0 Å². The highest BCUT2D eigenvalue weighted by Crippen LogP contribution is 2.26. The van der Waals surface area contributed by atoms with Gasteiger partial charge in [0.25, 0.3) is 0 Å². The molecule has 1 fully saturated rings. The summed E-state index contributed by atoms with van der Waals surface area (Å²) in [5.74, 6) is 0.316. The van der Waals surface area contributed by atoms with Gasteiger partial charge in [-0.05, 0) is 24.7 Å². The second-order valence-corrected chi connectivity index (χ2v) is 5.48. The van der Waals surface area contributed by atoms with E-state index >= 15 is 0 Å². The minimum atomic E-state index is -0.478. The van der Waals surface area contributed by atoms with Crippen LogP contribution in [0.4, 0.5) is 0 Å². The van der Waals surface area contributed by atoms with E-state index in [9.17, 15) is 9.90 Å². The molecule has 0 heterocycles. The Bertz CT molecular complexity index is 238. The summed E-state index contributed by atoms with van der Waals surface area (Å²) in [7, 11) is 0. The number of hydrogen-bond acceptors (Lipinski definition) is 3. The van der Waals surface area contributed by atoms with Gasteiger partial charge in [-0.15, -0.1) is 0 Å². The topological polar surface area (TPSA) is 75.4 Å². The zero-order valence-corrected chi connectivity index (χ0v) is 11.0. The number of nitrogens with two attached hydrogens (primary N) is 1. The smallest absolute Gasteiger partial charge is 0.237 e. The van der Waals surface area contributed by atoms with Gasteiger partial charge in [0, 0.05) is 6.54 Å². The Morgan fingerprint density at radius 3 is 2.47 bits per heavy atom. The number of hydrogen-bond donors (Lipinski definition) is 3. The Morgan fingerprint density at radius 1 is 1.35 bits per heavy atom. The fourth-order valence-electron chi connectivity index (χ4n) is 2.31. The monoisotopic (exact) mass is 242 g/mol. The van der Waals surface area contributed by atoms with Gasteiger partial charge in [0.2, 0.25) is 5.91 Å². The van der Waals surface area contributed by atoms with Gasteiger partial charge in [0.1, 0.15) is 0 Å². The molecule has 17 heavy (non-hydrogen) atoms. The number of carbonyl (C=O) groups excluding carboxylic acids is 1. The number of carbonyl (C=O) groups is 1. The lowest BCUT2D eigenvalue weighted by molar-refractivity contribution is -0.123. The fraction of sp³-hybridized carbons (Fsp3) is 0.923. The van der Waals surface area contributed by atoms with E-state index in [4.69, 9.17) is 5.73 Å². The van der Waals surface area contributed by atoms with Crippen molar-refractivity contribution < 1.29 is 9.90 Å². The van der Waals surface area contributed by atoms with Crippen molar-refractivity contribution in [2.75, 3.05) is 6.54 Å². The van der Waals surface area contributed by atoms with E-state index in [0.717, 1.165) is 12.8 Å². The standard InChI is InChI=1S/C13H26N2O2/c1-9(2)12(14)13(17)15-8-11(16)10-6-4-3-5-7-10/h9-12,16H,3-8,14H2,1-2H3,(H,15,17)/t11?,12-/m0/s1. The minimum Gasteiger partial charge on any atom is -0.391 e. The SMILES string of the molecule is CC(C)[C@H](N)C(=O)NCC(O)C1CCCCC1. The Kier molecular flexibility index (Phi) is 5.92. The average Bonchev–Trinajstić information content (AvgIpc) is 2.35. The fourth-order valence-corrected chi connectivity index (χ4v) is 2.31. The summed E-state index contributed by atoms with van der Waals surface area (Å²) in [6, 6.07) is -0.478. The van der Waals surface area contributed by atoms with Crippen LogP contribution in [-0.2, 0) is 4.79 Å². The van der Waals surface area contributed by atoms with E-state index in [1.165, 1.54) is 19.3 Å². The first-order valence-corrected chi connectivity index (χ1v) is 6.73. The summed E-state index contributed by atoms with van der Waals surface area (Å²) in [6.07, 6.45) is 5.40. The van der Waals surface area contributed by atoms with Crippen molar-refractivity contribution in [2.45, 2.75) is 58.1 Å². The Hall–Kier alpha value is -0.610. The molecular weight excluding hydrogens is 216 g/mol. The first kappa shape index (κ1) is 14.5.